The van der Waals surface area contributed by atoms with Crippen LogP contribution >= 0.6 is 0 Å². The lowest BCUT2D eigenvalue weighted by atomic mass is 9.62. The number of aliphatic hydroxyl groups excluding tert-OH is 1. The van der Waals surface area contributed by atoms with Crippen LogP contribution in [-0.4, -0.2) is 11.7 Å². The molecule has 26 heavy (non-hydrogen) atoms. The molecule has 0 atom stereocenters. The Hall–Kier alpha value is -2.98. The van der Waals surface area contributed by atoms with E-state index in [9.17, 15) is 5.11 Å². The summed E-state index contributed by atoms with van der Waals surface area (Å²) in [5.74, 6) is 4.87. The largest absolute Gasteiger partial charge is 0.456 e. The predicted molar refractivity (Wildman–Crippen MR) is 95.7 cm³/mol. The number of benzene rings is 3. The Morgan fingerprint density at radius 3 is 1.27 bits per heavy atom. The number of hydrogen-bond donors (Lipinski definition) is 1. The summed E-state index contributed by atoms with van der Waals surface area (Å²) in [6, 6.07) is 17.8. The van der Waals surface area contributed by atoms with Crippen LogP contribution in [0.3, 0.4) is 0 Å². The summed E-state index contributed by atoms with van der Waals surface area (Å²) in [5.41, 5.74) is 2.69. The van der Waals surface area contributed by atoms with E-state index in [0.717, 1.165) is 57.6 Å². The molecule has 0 aromatic heterocycles. The average molecular weight is 344 g/mol. The number of aliphatic hydroxyl groups is 1. The van der Waals surface area contributed by atoms with Crippen molar-refractivity contribution in [3.05, 3.63) is 71.3 Å². The number of rotatable bonds is 3. The Bertz CT molecular complexity index is 879. The van der Waals surface area contributed by atoms with Gasteiger partial charge in [-0.25, -0.2) is 0 Å². The zero-order chi connectivity index (χ0) is 17.3. The second kappa shape index (κ2) is 4.80. The summed E-state index contributed by atoms with van der Waals surface area (Å²) in [6.07, 6.45) is 1.44. The van der Waals surface area contributed by atoms with Crippen molar-refractivity contribution >= 4 is 0 Å². The van der Waals surface area contributed by atoms with Crippen molar-refractivity contribution in [2.45, 2.75) is 18.3 Å². The first-order chi connectivity index (χ1) is 12.8. The van der Waals surface area contributed by atoms with Crippen LogP contribution < -0.4 is 14.2 Å². The molecule has 3 aliphatic heterocycles. The summed E-state index contributed by atoms with van der Waals surface area (Å²) < 4.78 is 18.7. The molecule has 6 rings (SSSR count). The van der Waals surface area contributed by atoms with Crippen LogP contribution in [0.25, 0.3) is 0 Å². The fraction of sp³-hybridized carbons (Fsp3) is 0.182. The minimum atomic E-state index is -0.429. The highest BCUT2D eigenvalue weighted by Crippen LogP contribution is 2.67. The van der Waals surface area contributed by atoms with Crippen LogP contribution in [0.4, 0.5) is 0 Å². The highest BCUT2D eigenvalue weighted by molar-refractivity contribution is 5.78. The lowest BCUT2D eigenvalue weighted by Gasteiger charge is -2.47. The molecule has 0 saturated carbocycles. The van der Waals surface area contributed by atoms with Crippen LogP contribution in [0.2, 0.25) is 0 Å². The molecule has 4 heteroatoms. The summed E-state index contributed by atoms with van der Waals surface area (Å²) in [5, 5.41) is 9.63. The van der Waals surface area contributed by atoms with Gasteiger partial charge in [-0.15, -0.1) is 0 Å². The summed E-state index contributed by atoms with van der Waals surface area (Å²) in [6.45, 7) is 0.136. The minimum absolute atomic E-state index is 0.136. The maximum atomic E-state index is 9.63. The second-order valence-corrected chi connectivity index (χ2v) is 6.93. The van der Waals surface area contributed by atoms with Gasteiger partial charge in [0.1, 0.15) is 34.5 Å². The first kappa shape index (κ1) is 14.2. The van der Waals surface area contributed by atoms with Crippen LogP contribution in [0, 0.1) is 0 Å². The van der Waals surface area contributed by atoms with Crippen LogP contribution in [0.5, 0.6) is 34.5 Å². The molecule has 1 N–H and O–H groups in total. The van der Waals surface area contributed by atoms with Crippen molar-refractivity contribution in [1.82, 2.24) is 0 Å². The molecule has 3 aromatic carbocycles. The van der Waals surface area contributed by atoms with Crippen molar-refractivity contribution < 1.29 is 19.3 Å². The second-order valence-electron chi connectivity index (χ2n) is 6.93. The molecular formula is C22H16O4. The smallest absolute Gasteiger partial charge is 0.135 e. The monoisotopic (exact) mass is 344 g/mol. The summed E-state index contributed by atoms with van der Waals surface area (Å²) in [4.78, 5) is 0. The van der Waals surface area contributed by atoms with E-state index < -0.39 is 5.41 Å². The zero-order valence-electron chi connectivity index (χ0n) is 14.0. The molecule has 3 aromatic rings. The first-order valence-electron chi connectivity index (χ1n) is 8.88. The van der Waals surface area contributed by atoms with Gasteiger partial charge in [0.15, 0.2) is 0 Å². The molecule has 0 amide bonds. The quantitative estimate of drug-likeness (QED) is 0.561. The van der Waals surface area contributed by atoms with Gasteiger partial charge in [-0.3, -0.25) is 0 Å². The van der Waals surface area contributed by atoms with Gasteiger partial charge in [0.05, 0.1) is 22.1 Å². The first-order valence-corrected chi connectivity index (χ1v) is 8.88. The minimum Gasteiger partial charge on any atom is -0.456 e. The SMILES string of the molecule is OCCCC12c3c4cccc3Oc3cccc(c31)Oc1cccc(c12)O4. The molecule has 0 fully saturated rings. The lowest BCUT2D eigenvalue weighted by Crippen LogP contribution is -2.38. The normalized spacial score (nSPS) is 16.0. The molecule has 0 bridgehead atoms. The van der Waals surface area contributed by atoms with Gasteiger partial charge >= 0.3 is 0 Å². The Morgan fingerprint density at radius 2 is 0.962 bits per heavy atom. The van der Waals surface area contributed by atoms with E-state index in [1.54, 1.807) is 0 Å². The summed E-state index contributed by atoms with van der Waals surface area (Å²) >= 11 is 0. The van der Waals surface area contributed by atoms with Crippen molar-refractivity contribution in [3.63, 3.8) is 0 Å². The Kier molecular flexibility index (Phi) is 2.62. The molecular weight excluding hydrogens is 328 g/mol. The third-order valence-electron chi connectivity index (χ3n) is 5.61. The molecule has 3 aliphatic rings. The fourth-order valence-electron chi connectivity index (χ4n) is 4.75. The van der Waals surface area contributed by atoms with E-state index in [0.29, 0.717) is 6.42 Å². The molecule has 0 unspecified atom stereocenters. The third kappa shape index (κ3) is 1.54. The van der Waals surface area contributed by atoms with E-state index in [-0.39, 0.29) is 6.61 Å². The maximum Gasteiger partial charge on any atom is 0.135 e. The Labute approximate surface area is 150 Å². The van der Waals surface area contributed by atoms with Gasteiger partial charge in [-0.2, -0.15) is 0 Å². The van der Waals surface area contributed by atoms with Crippen LogP contribution in [0.15, 0.2) is 54.6 Å². The van der Waals surface area contributed by atoms with E-state index in [2.05, 4.69) is 0 Å². The molecule has 0 aliphatic carbocycles. The Balaban J connectivity index is 1.80. The van der Waals surface area contributed by atoms with E-state index in [4.69, 9.17) is 14.2 Å². The van der Waals surface area contributed by atoms with Crippen molar-refractivity contribution in [2.24, 2.45) is 0 Å². The zero-order valence-corrected chi connectivity index (χ0v) is 14.0. The molecule has 3 heterocycles. The molecule has 0 radical (unpaired) electrons. The van der Waals surface area contributed by atoms with E-state index in [1.165, 1.54) is 0 Å². The van der Waals surface area contributed by atoms with Crippen molar-refractivity contribution in [2.75, 3.05) is 6.61 Å². The highest BCUT2D eigenvalue weighted by Gasteiger charge is 2.54. The van der Waals surface area contributed by atoms with Gasteiger partial charge in [0.25, 0.3) is 0 Å². The number of ether oxygens (including phenoxy) is 3. The van der Waals surface area contributed by atoms with Gasteiger partial charge in [0.2, 0.25) is 0 Å². The topological polar surface area (TPSA) is 47.9 Å². The highest BCUT2D eigenvalue weighted by atomic mass is 16.5. The van der Waals surface area contributed by atoms with Crippen LogP contribution in [-0.2, 0) is 5.41 Å². The third-order valence-corrected chi connectivity index (χ3v) is 5.61. The van der Waals surface area contributed by atoms with Crippen LogP contribution in [0.1, 0.15) is 29.5 Å². The molecule has 0 saturated heterocycles. The maximum absolute atomic E-state index is 9.63. The average Bonchev–Trinajstić information content (AvgIpc) is 2.66. The van der Waals surface area contributed by atoms with Crippen molar-refractivity contribution in [3.8, 4) is 34.5 Å². The Morgan fingerprint density at radius 1 is 0.615 bits per heavy atom. The number of hydrogen-bond acceptors (Lipinski definition) is 4. The lowest BCUT2D eigenvalue weighted by molar-refractivity contribution is 0.258. The molecule has 128 valence electrons. The summed E-state index contributed by atoms with van der Waals surface area (Å²) in [7, 11) is 0. The van der Waals surface area contributed by atoms with E-state index in [1.807, 2.05) is 54.6 Å². The predicted octanol–water partition coefficient (Wildman–Crippen LogP) is 5.11. The fourth-order valence-corrected chi connectivity index (χ4v) is 4.75. The van der Waals surface area contributed by atoms with Gasteiger partial charge in [-0.1, -0.05) is 18.2 Å². The standard InChI is InChI=1S/C22H16O4/c23-12-4-11-22-19-13-5-1-6-14(19)25-16-8-3-10-18(21(16)22)26-17-9-2-7-15(24-13)20(17)22/h1-3,5-10,23H,4,11-12H2. The molecule has 4 nitrogen and oxygen atoms in total. The molecule has 0 spiro atoms. The van der Waals surface area contributed by atoms with E-state index >= 15 is 0 Å². The van der Waals surface area contributed by atoms with Crippen molar-refractivity contribution in [1.29, 1.82) is 0 Å². The van der Waals surface area contributed by atoms with Gasteiger partial charge in [-0.05, 0) is 49.2 Å². The van der Waals surface area contributed by atoms with Gasteiger partial charge in [0, 0.05) is 6.61 Å². The van der Waals surface area contributed by atoms with Gasteiger partial charge < -0.3 is 19.3 Å².